The van der Waals surface area contributed by atoms with Gasteiger partial charge in [0.25, 0.3) is 0 Å². The van der Waals surface area contributed by atoms with Gasteiger partial charge in [-0.2, -0.15) is 10.2 Å². The molecule has 2 aromatic heterocycles. The van der Waals surface area contributed by atoms with Crippen LogP contribution in [0.2, 0.25) is 10.0 Å². The summed E-state index contributed by atoms with van der Waals surface area (Å²) >= 11 is 12.7. The first kappa shape index (κ1) is 32.8. The number of anilines is 2. The van der Waals surface area contributed by atoms with Crippen LogP contribution in [0.3, 0.4) is 0 Å². The smallest absolute Gasteiger partial charge is 0.350 e. The van der Waals surface area contributed by atoms with Gasteiger partial charge in [-0.3, -0.25) is 0 Å². The number of aromatic nitrogens is 6. The third-order valence-electron chi connectivity index (χ3n) is 9.81. The number of rotatable bonds is 10. The summed E-state index contributed by atoms with van der Waals surface area (Å²) in [7, 11) is 0. The number of halogens is 2. The summed E-state index contributed by atoms with van der Waals surface area (Å²) in [5.41, 5.74) is 3.75. The van der Waals surface area contributed by atoms with Crippen molar-refractivity contribution in [3.63, 3.8) is 0 Å². The van der Waals surface area contributed by atoms with Crippen LogP contribution in [0.5, 0.6) is 5.75 Å². The molecule has 0 unspecified atom stereocenters. The Bertz CT molecular complexity index is 1950. The first-order valence-electron chi connectivity index (χ1n) is 17.0. The van der Waals surface area contributed by atoms with Crippen molar-refractivity contribution >= 4 is 34.6 Å². The predicted molar refractivity (Wildman–Crippen MR) is 191 cm³/mol. The Kier molecular flexibility index (Phi) is 9.26. The molecule has 0 amide bonds. The molecule has 50 heavy (non-hydrogen) atoms. The molecule has 14 heteroatoms. The maximum Gasteiger partial charge on any atom is 0.350 e. The van der Waals surface area contributed by atoms with Gasteiger partial charge in [-0.25, -0.2) is 23.7 Å². The van der Waals surface area contributed by atoms with Crippen LogP contribution in [-0.4, -0.2) is 74.6 Å². The molecule has 0 bridgehead atoms. The minimum atomic E-state index is -1.16. The average Bonchev–Trinajstić information content (AvgIpc) is 3.97. The maximum atomic E-state index is 13.0. The van der Waals surface area contributed by atoms with Crippen molar-refractivity contribution < 1.29 is 14.2 Å². The number of hydrogen-bond acceptors (Lipinski definition) is 9. The van der Waals surface area contributed by atoms with Gasteiger partial charge in [-0.1, -0.05) is 42.1 Å². The molecule has 3 aliphatic rings. The normalized spacial score (nSPS) is 21.3. The van der Waals surface area contributed by atoms with Gasteiger partial charge in [0.2, 0.25) is 5.79 Å². The summed E-state index contributed by atoms with van der Waals surface area (Å²) in [5.74, 6) is -0.405. The standard InChI is InChI=1S/C36H38Cl2N8O4/c37-26-5-14-33(34(38)19-26)36(22-44-24-39-23-40-44)49-21-32(50-36)20-48-31-12-10-28(11-13-31)43-17-15-42(16-18-43)27-6-8-29(9-7-27)45-25-41-46(35(45)47)30-3-1-2-4-30/h5-14,19,23-25,30,32H,1-4,15-18,20-22H2/t32-,36-/m1/s1. The van der Waals surface area contributed by atoms with Gasteiger partial charge in [0.1, 0.15) is 44.0 Å². The van der Waals surface area contributed by atoms with Crippen LogP contribution in [0.25, 0.3) is 5.69 Å². The molecule has 0 radical (unpaired) electrons. The molecule has 4 heterocycles. The highest BCUT2D eigenvalue weighted by atomic mass is 35.5. The predicted octanol–water partition coefficient (Wildman–Crippen LogP) is 5.72. The minimum absolute atomic E-state index is 0.0588. The van der Waals surface area contributed by atoms with Gasteiger partial charge in [0, 0.05) is 48.1 Å². The van der Waals surface area contributed by atoms with Crippen LogP contribution in [0.4, 0.5) is 11.4 Å². The largest absolute Gasteiger partial charge is 0.491 e. The fourth-order valence-corrected chi connectivity index (χ4v) is 7.72. The maximum absolute atomic E-state index is 13.0. The third kappa shape index (κ3) is 6.72. The summed E-state index contributed by atoms with van der Waals surface area (Å²) in [6.45, 7) is 4.47. The highest BCUT2D eigenvalue weighted by molar-refractivity contribution is 6.35. The topological polar surface area (TPSA) is 105 Å². The van der Waals surface area contributed by atoms with E-state index in [0.717, 1.165) is 74.7 Å². The van der Waals surface area contributed by atoms with E-state index in [-0.39, 0.29) is 24.4 Å². The SMILES string of the molecule is O=c1n(-c2ccc(N3CCN(c4ccc(OC[C@@H]5CO[C@@](Cn6cncn6)(c6ccc(Cl)cc6Cl)O5)cc4)CC3)cc2)cnn1C1CCCC1. The Morgan fingerprint density at radius 1 is 0.840 bits per heavy atom. The number of piperazine rings is 1. The minimum Gasteiger partial charge on any atom is -0.491 e. The van der Waals surface area contributed by atoms with E-state index in [4.69, 9.17) is 37.4 Å². The number of nitrogens with zero attached hydrogens (tertiary/aromatic N) is 8. The van der Waals surface area contributed by atoms with Crippen molar-refractivity contribution in [2.75, 3.05) is 49.2 Å². The highest BCUT2D eigenvalue weighted by Gasteiger charge is 2.45. The fraction of sp³-hybridized carbons (Fsp3) is 0.389. The van der Waals surface area contributed by atoms with Gasteiger partial charge in [-0.15, -0.1) is 0 Å². The fourth-order valence-electron chi connectivity index (χ4n) is 7.16. The second-order valence-electron chi connectivity index (χ2n) is 13.0. The average molecular weight is 718 g/mol. The van der Waals surface area contributed by atoms with Gasteiger partial charge < -0.3 is 24.0 Å². The molecule has 2 saturated heterocycles. The van der Waals surface area contributed by atoms with E-state index in [1.54, 1.807) is 38.7 Å². The lowest BCUT2D eigenvalue weighted by molar-refractivity contribution is -0.190. The Morgan fingerprint density at radius 2 is 1.52 bits per heavy atom. The van der Waals surface area contributed by atoms with Crippen LogP contribution >= 0.6 is 23.2 Å². The number of hydrogen-bond donors (Lipinski definition) is 0. The van der Waals surface area contributed by atoms with Gasteiger partial charge >= 0.3 is 5.69 Å². The molecule has 260 valence electrons. The second-order valence-corrected chi connectivity index (χ2v) is 13.8. The molecule has 12 nitrogen and oxygen atoms in total. The molecule has 2 aliphatic heterocycles. The molecule has 0 N–H and O–H groups in total. The lowest BCUT2D eigenvalue weighted by atomic mass is 10.1. The summed E-state index contributed by atoms with van der Waals surface area (Å²) in [4.78, 5) is 21.8. The van der Waals surface area contributed by atoms with Gasteiger partial charge in [-0.05, 0) is 73.5 Å². The molecule has 5 aromatic rings. The molecule has 1 aliphatic carbocycles. The molecule has 3 fully saturated rings. The van der Waals surface area contributed by atoms with Crippen LogP contribution < -0.4 is 20.2 Å². The molecule has 2 atom stereocenters. The van der Waals surface area contributed by atoms with Crippen molar-refractivity contribution in [1.29, 1.82) is 0 Å². The lowest BCUT2D eigenvalue weighted by Gasteiger charge is -2.37. The molecule has 1 saturated carbocycles. The quantitative estimate of drug-likeness (QED) is 0.180. The molecule has 0 spiro atoms. The zero-order valence-corrected chi connectivity index (χ0v) is 29.0. The van der Waals surface area contributed by atoms with Crippen LogP contribution in [0.15, 0.2) is 90.5 Å². The van der Waals surface area contributed by atoms with Crippen molar-refractivity contribution in [3.8, 4) is 11.4 Å². The second kappa shape index (κ2) is 14.1. The van der Waals surface area contributed by atoms with Crippen molar-refractivity contribution in [3.05, 3.63) is 112 Å². The van der Waals surface area contributed by atoms with Crippen molar-refractivity contribution in [2.24, 2.45) is 0 Å². The summed E-state index contributed by atoms with van der Waals surface area (Å²) in [6.07, 6.45) is 8.78. The Hall–Kier alpha value is -4.36. The van der Waals surface area contributed by atoms with E-state index in [2.05, 4.69) is 49.2 Å². The molecular weight excluding hydrogens is 679 g/mol. The Labute approximate surface area is 299 Å². The third-order valence-corrected chi connectivity index (χ3v) is 10.4. The molecule has 3 aromatic carbocycles. The van der Waals surface area contributed by atoms with Gasteiger partial charge in [0.15, 0.2) is 0 Å². The van der Waals surface area contributed by atoms with E-state index in [0.29, 0.717) is 28.8 Å². The Balaban J connectivity index is 0.846. The summed E-state index contributed by atoms with van der Waals surface area (Å²) < 4.78 is 23.8. The zero-order valence-electron chi connectivity index (χ0n) is 27.5. The van der Waals surface area contributed by atoms with E-state index in [9.17, 15) is 4.79 Å². The van der Waals surface area contributed by atoms with E-state index in [1.165, 1.54) is 6.33 Å². The lowest BCUT2D eigenvalue weighted by Crippen LogP contribution is -2.46. The van der Waals surface area contributed by atoms with Crippen molar-refractivity contribution in [1.82, 2.24) is 29.1 Å². The number of benzene rings is 3. The first-order valence-corrected chi connectivity index (χ1v) is 17.8. The first-order chi connectivity index (χ1) is 24.4. The molecule has 8 rings (SSSR count). The Morgan fingerprint density at radius 3 is 2.18 bits per heavy atom. The van der Waals surface area contributed by atoms with Crippen LogP contribution in [0.1, 0.15) is 37.3 Å². The highest BCUT2D eigenvalue weighted by Crippen LogP contribution is 2.40. The molecular formula is C36H38Cl2N8O4. The summed E-state index contributed by atoms with van der Waals surface area (Å²) in [6, 6.07) is 21.9. The van der Waals surface area contributed by atoms with E-state index < -0.39 is 5.79 Å². The van der Waals surface area contributed by atoms with Gasteiger partial charge in [0.05, 0.1) is 23.4 Å². The van der Waals surface area contributed by atoms with Crippen molar-refractivity contribution in [2.45, 2.75) is 50.2 Å². The van der Waals surface area contributed by atoms with E-state index in [1.807, 2.05) is 30.3 Å². The summed E-state index contributed by atoms with van der Waals surface area (Å²) in [5, 5.41) is 9.62. The number of ether oxygens (including phenoxy) is 3. The van der Waals surface area contributed by atoms with E-state index >= 15 is 0 Å². The monoisotopic (exact) mass is 716 g/mol. The van der Waals surface area contributed by atoms with Crippen LogP contribution in [0, 0.1) is 0 Å². The van der Waals surface area contributed by atoms with Crippen LogP contribution in [-0.2, 0) is 21.8 Å². The zero-order chi connectivity index (χ0) is 34.1.